The van der Waals surface area contributed by atoms with Crippen LogP contribution in [-0.2, 0) is 14.8 Å². The fourth-order valence-corrected chi connectivity index (χ4v) is 2.71. The summed E-state index contributed by atoms with van der Waals surface area (Å²) in [5, 5.41) is 3.01. The van der Waals surface area contributed by atoms with Crippen molar-refractivity contribution in [2.75, 3.05) is 12.3 Å². The van der Waals surface area contributed by atoms with Crippen molar-refractivity contribution in [3.05, 3.63) is 0 Å². The Hall–Kier alpha value is -0.620. The van der Waals surface area contributed by atoms with Gasteiger partial charge in [-0.15, -0.1) is 0 Å². The van der Waals surface area contributed by atoms with Gasteiger partial charge in [-0.25, -0.2) is 8.42 Å². The number of amides is 1. The van der Waals surface area contributed by atoms with E-state index >= 15 is 0 Å². The van der Waals surface area contributed by atoms with Crippen molar-refractivity contribution in [1.82, 2.24) is 10.0 Å². The molecule has 0 aliphatic carbocycles. The molecule has 5 nitrogen and oxygen atoms in total. The number of nitrogens with one attached hydrogen (secondary N) is 2. The topological polar surface area (TPSA) is 75.3 Å². The lowest BCUT2D eigenvalue weighted by Crippen LogP contribution is -2.48. The van der Waals surface area contributed by atoms with Crippen molar-refractivity contribution in [3.8, 4) is 0 Å². The van der Waals surface area contributed by atoms with Gasteiger partial charge in [0, 0.05) is 0 Å². The Kier molecular flexibility index (Phi) is 4.53. The number of sulfonamides is 1. The molecule has 1 rings (SSSR count). The van der Waals surface area contributed by atoms with Crippen molar-refractivity contribution < 1.29 is 13.2 Å². The largest absolute Gasteiger partial charge is 0.306 e. The Morgan fingerprint density at radius 1 is 1.47 bits per heavy atom. The lowest BCUT2D eigenvalue weighted by atomic mass is 10.1. The minimum absolute atomic E-state index is 0.00542. The summed E-state index contributed by atoms with van der Waals surface area (Å²) in [4.78, 5) is 11.5. The zero-order valence-corrected chi connectivity index (χ0v) is 9.77. The highest BCUT2D eigenvalue weighted by Gasteiger charge is 2.23. The van der Waals surface area contributed by atoms with E-state index in [9.17, 15) is 13.2 Å². The molecule has 0 aromatic heterocycles. The van der Waals surface area contributed by atoms with E-state index in [1.807, 2.05) is 0 Å². The molecule has 1 saturated heterocycles. The fraction of sp³-hybridized carbons (Fsp3) is 0.889. The number of carbonyl (C=O) groups excluding carboxylic acids is 1. The average Bonchev–Trinajstić information content (AvgIpc) is 2.18. The van der Waals surface area contributed by atoms with Crippen LogP contribution in [0.4, 0.5) is 0 Å². The maximum atomic E-state index is 11.5. The third-order valence-corrected chi connectivity index (χ3v) is 3.81. The second kappa shape index (κ2) is 5.46. The molecular formula is C9H18N2O3S. The molecular weight excluding hydrogens is 216 g/mol. The summed E-state index contributed by atoms with van der Waals surface area (Å²) in [6.45, 7) is 2.55. The van der Waals surface area contributed by atoms with Gasteiger partial charge < -0.3 is 5.32 Å². The molecule has 1 amide bonds. The summed E-state index contributed by atoms with van der Waals surface area (Å²) >= 11 is 0. The number of hydrogen-bond donors (Lipinski definition) is 2. The van der Waals surface area contributed by atoms with Crippen molar-refractivity contribution >= 4 is 15.9 Å². The molecule has 1 atom stereocenters. The first-order valence-corrected chi connectivity index (χ1v) is 6.98. The molecule has 88 valence electrons. The molecule has 1 aliphatic rings. The van der Waals surface area contributed by atoms with E-state index in [0.29, 0.717) is 12.8 Å². The molecule has 0 unspecified atom stereocenters. The first-order valence-electron chi connectivity index (χ1n) is 5.33. The molecule has 0 bridgehead atoms. The number of rotatable bonds is 4. The minimum atomic E-state index is -3.42. The van der Waals surface area contributed by atoms with Crippen LogP contribution >= 0.6 is 0 Å². The van der Waals surface area contributed by atoms with E-state index in [-0.39, 0.29) is 11.8 Å². The summed E-state index contributed by atoms with van der Waals surface area (Å²) in [5.41, 5.74) is 0. The van der Waals surface area contributed by atoms with Crippen molar-refractivity contribution in [2.24, 2.45) is 0 Å². The van der Waals surface area contributed by atoms with E-state index in [1.165, 1.54) is 0 Å². The summed E-state index contributed by atoms with van der Waals surface area (Å²) in [6.07, 6.45) is 3.25. The lowest BCUT2D eigenvalue weighted by Gasteiger charge is -2.22. The van der Waals surface area contributed by atoms with Crippen molar-refractivity contribution in [2.45, 2.75) is 38.6 Å². The molecule has 0 aromatic rings. The van der Waals surface area contributed by atoms with Crippen LogP contribution in [0.25, 0.3) is 0 Å². The SMILES string of the molecule is CCCS(=O)(=O)NC(=O)[C@H]1CCCCN1. The van der Waals surface area contributed by atoms with Gasteiger partial charge in [0.1, 0.15) is 0 Å². The zero-order chi connectivity index (χ0) is 11.3. The molecule has 15 heavy (non-hydrogen) atoms. The number of carbonyl (C=O) groups is 1. The Balaban J connectivity index is 2.47. The van der Waals surface area contributed by atoms with Crippen LogP contribution in [0, 0.1) is 0 Å². The van der Waals surface area contributed by atoms with Crippen LogP contribution in [0.5, 0.6) is 0 Å². The summed E-state index contributed by atoms with van der Waals surface area (Å²) in [6, 6.07) is -0.342. The van der Waals surface area contributed by atoms with Gasteiger partial charge in [-0.3, -0.25) is 9.52 Å². The lowest BCUT2D eigenvalue weighted by molar-refractivity contribution is -0.121. The third-order valence-electron chi connectivity index (χ3n) is 2.36. The predicted molar refractivity (Wildman–Crippen MR) is 57.9 cm³/mol. The van der Waals surface area contributed by atoms with Gasteiger partial charge in [-0.05, 0) is 25.8 Å². The van der Waals surface area contributed by atoms with Gasteiger partial charge >= 0.3 is 0 Å². The van der Waals surface area contributed by atoms with Crippen LogP contribution in [0.3, 0.4) is 0 Å². The van der Waals surface area contributed by atoms with Crippen molar-refractivity contribution in [3.63, 3.8) is 0 Å². The van der Waals surface area contributed by atoms with Gasteiger partial charge in [0.25, 0.3) is 5.91 Å². The van der Waals surface area contributed by atoms with E-state index in [2.05, 4.69) is 10.0 Å². The van der Waals surface area contributed by atoms with E-state index in [4.69, 9.17) is 0 Å². The monoisotopic (exact) mass is 234 g/mol. The Morgan fingerprint density at radius 3 is 2.73 bits per heavy atom. The van der Waals surface area contributed by atoms with Gasteiger partial charge in [0.15, 0.2) is 0 Å². The van der Waals surface area contributed by atoms with E-state index in [1.54, 1.807) is 6.92 Å². The summed E-state index contributed by atoms with van der Waals surface area (Å²) in [7, 11) is -3.42. The molecule has 0 spiro atoms. The Labute approximate surface area is 90.7 Å². The summed E-state index contributed by atoms with van der Waals surface area (Å²) < 4.78 is 24.7. The van der Waals surface area contributed by atoms with Crippen LogP contribution in [0.15, 0.2) is 0 Å². The fourth-order valence-electron chi connectivity index (χ4n) is 1.62. The first-order chi connectivity index (χ1) is 7.05. The zero-order valence-electron chi connectivity index (χ0n) is 8.95. The molecule has 1 fully saturated rings. The standard InChI is InChI=1S/C9H18N2O3S/c1-2-7-15(13,14)11-9(12)8-5-3-4-6-10-8/h8,10H,2-7H2,1H3,(H,11,12)/t8-/m1/s1. The minimum Gasteiger partial charge on any atom is -0.306 e. The summed E-state index contributed by atoms with van der Waals surface area (Å²) in [5.74, 6) is -0.408. The maximum Gasteiger partial charge on any atom is 0.250 e. The second-order valence-corrected chi connectivity index (χ2v) is 5.63. The highest BCUT2D eigenvalue weighted by atomic mass is 32.2. The van der Waals surface area contributed by atoms with E-state index < -0.39 is 15.9 Å². The van der Waals surface area contributed by atoms with Crippen LogP contribution in [-0.4, -0.2) is 32.7 Å². The van der Waals surface area contributed by atoms with Crippen LogP contribution in [0.1, 0.15) is 32.6 Å². The predicted octanol–water partition coefficient (Wildman–Crippen LogP) is -0.0155. The highest BCUT2D eigenvalue weighted by molar-refractivity contribution is 7.90. The number of piperidine rings is 1. The Bertz CT molecular complexity index is 307. The second-order valence-electron chi connectivity index (χ2n) is 3.79. The first kappa shape index (κ1) is 12.4. The van der Waals surface area contributed by atoms with Crippen molar-refractivity contribution in [1.29, 1.82) is 0 Å². The van der Waals surface area contributed by atoms with Crippen LogP contribution in [0.2, 0.25) is 0 Å². The normalized spacial score (nSPS) is 22.3. The molecule has 0 radical (unpaired) electrons. The third kappa shape index (κ3) is 4.17. The molecule has 0 aromatic carbocycles. The molecule has 1 heterocycles. The van der Waals surface area contributed by atoms with Gasteiger partial charge in [0.05, 0.1) is 11.8 Å². The highest BCUT2D eigenvalue weighted by Crippen LogP contribution is 2.07. The number of hydrogen-bond acceptors (Lipinski definition) is 4. The Morgan fingerprint density at radius 2 is 2.20 bits per heavy atom. The average molecular weight is 234 g/mol. The van der Waals surface area contributed by atoms with Gasteiger partial charge in [0.2, 0.25) is 10.0 Å². The molecule has 1 aliphatic heterocycles. The van der Waals surface area contributed by atoms with Gasteiger partial charge in [-0.1, -0.05) is 13.3 Å². The smallest absolute Gasteiger partial charge is 0.250 e. The van der Waals surface area contributed by atoms with E-state index in [0.717, 1.165) is 19.4 Å². The molecule has 6 heteroatoms. The van der Waals surface area contributed by atoms with Gasteiger partial charge in [-0.2, -0.15) is 0 Å². The maximum absolute atomic E-state index is 11.5. The molecule has 0 saturated carbocycles. The van der Waals surface area contributed by atoms with Crippen LogP contribution < -0.4 is 10.0 Å². The molecule has 2 N–H and O–H groups in total. The quantitative estimate of drug-likeness (QED) is 0.717.